The molecule has 2 bridgehead atoms. The molecule has 0 aliphatic carbocycles. The second-order valence-corrected chi connectivity index (χ2v) is 9.96. The van der Waals surface area contributed by atoms with Crippen molar-refractivity contribution < 1.29 is 9.53 Å². The largest absolute Gasteiger partial charge is 0.377 e. The molecular weight excluding hydrogens is 432 g/mol. The number of ether oxygens (including phenoxy) is 1. The molecule has 0 aromatic carbocycles. The molecule has 3 atom stereocenters. The molecule has 5 rings (SSSR count). The predicted octanol–water partition coefficient (Wildman–Crippen LogP) is 2.38. The Kier molecular flexibility index (Phi) is 6.06. The van der Waals surface area contributed by atoms with E-state index in [-0.39, 0.29) is 30.1 Å². The second-order valence-electron chi connectivity index (χ2n) is 9.96. The van der Waals surface area contributed by atoms with E-state index in [0.717, 1.165) is 54.9 Å². The van der Waals surface area contributed by atoms with E-state index in [4.69, 9.17) is 14.7 Å². The van der Waals surface area contributed by atoms with E-state index in [1.54, 1.807) is 0 Å². The summed E-state index contributed by atoms with van der Waals surface area (Å²) in [6.45, 7) is 10.3. The number of nitrogens with one attached hydrogen (secondary N) is 2. The second kappa shape index (κ2) is 9.02. The van der Waals surface area contributed by atoms with Gasteiger partial charge in [0.25, 0.3) is 11.5 Å². The van der Waals surface area contributed by atoms with Crippen molar-refractivity contribution in [2.45, 2.75) is 78.0 Å². The number of nitrogens with zero attached hydrogens (tertiary/aromatic N) is 4. The Morgan fingerprint density at radius 3 is 2.56 bits per heavy atom. The van der Waals surface area contributed by atoms with Crippen LogP contribution in [0.2, 0.25) is 0 Å². The third kappa shape index (κ3) is 4.06. The van der Waals surface area contributed by atoms with E-state index >= 15 is 0 Å². The standard InChI is InChI=1S/C25H34N6O3/c1-14-10-15(2)27-23(32)20(14)11-26-24(33)21-17(4)22(30-9-5-6-16(30)3)29-25(28-21)31-18-7-8-19(31)13-34-12-18/h10,16,18-19H,5-9,11-13H2,1-4H3,(H,26,33)(H,27,32)/t16-,18-,19+/m0/s1. The normalized spacial score (nSPS) is 24.1. The molecule has 3 fully saturated rings. The summed E-state index contributed by atoms with van der Waals surface area (Å²) in [5, 5.41) is 2.94. The highest BCUT2D eigenvalue weighted by Gasteiger charge is 2.40. The van der Waals surface area contributed by atoms with Crippen molar-refractivity contribution in [3.05, 3.63) is 44.5 Å². The number of rotatable bonds is 5. The maximum absolute atomic E-state index is 13.4. The van der Waals surface area contributed by atoms with Crippen LogP contribution in [-0.4, -0.2) is 58.7 Å². The number of aromatic nitrogens is 3. The number of aryl methyl sites for hydroxylation is 2. The molecule has 9 nitrogen and oxygen atoms in total. The summed E-state index contributed by atoms with van der Waals surface area (Å²) in [7, 11) is 0. The van der Waals surface area contributed by atoms with Gasteiger partial charge in [-0.1, -0.05) is 0 Å². The molecule has 3 saturated heterocycles. The number of anilines is 2. The number of carbonyl (C=O) groups excluding carboxylic acids is 1. The Labute approximate surface area is 199 Å². The van der Waals surface area contributed by atoms with Gasteiger partial charge in [0.15, 0.2) is 0 Å². The quantitative estimate of drug-likeness (QED) is 0.697. The summed E-state index contributed by atoms with van der Waals surface area (Å²) in [6, 6.07) is 2.77. The van der Waals surface area contributed by atoms with E-state index in [0.29, 0.717) is 36.5 Å². The molecule has 3 aliphatic rings. The Morgan fingerprint density at radius 1 is 1.18 bits per heavy atom. The minimum atomic E-state index is -0.283. The first-order valence-corrected chi connectivity index (χ1v) is 12.3. The lowest BCUT2D eigenvalue weighted by Crippen LogP contribution is -2.47. The molecule has 182 valence electrons. The summed E-state index contributed by atoms with van der Waals surface area (Å²) < 4.78 is 5.76. The van der Waals surface area contributed by atoms with Gasteiger partial charge in [-0.25, -0.2) is 4.98 Å². The zero-order valence-electron chi connectivity index (χ0n) is 20.5. The first-order valence-electron chi connectivity index (χ1n) is 12.3. The van der Waals surface area contributed by atoms with Crippen LogP contribution >= 0.6 is 0 Å². The van der Waals surface area contributed by atoms with Crippen molar-refractivity contribution in [3.8, 4) is 0 Å². The third-order valence-corrected chi connectivity index (χ3v) is 7.54. The molecule has 1 amide bonds. The number of pyridine rings is 1. The summed E-state index contributed by atoms with van der Waals surface area (Å²) >= 11 is 0. The molecule has 5 heterocycles. The van der Waals surface area contributed by atoms with Crippen molar-refractivity contribution in [1.82, 2.24) is 20.3 Å². The van der Waals surface area contributed by atoms with Gasteiger partial charge in [-0.15, -0.1) is 0 Å². The number of morpholine rings is 1. The minimum absolute atomic E-state index is 0.150. The maximum atomic E-state index is 13.4. The predicted molar refractivity (Wildman–Crippen MR) is 131 cm³/mol. The van der Waals surface area contributed by atoms with E-state index in [9.17, 15) is 9.59 Å². The van der Waals surface area contributed by atoms with Crippen molar-refractivity contribution in [1.29, 1.82) is 0 Å². The van der Waals surface area contributed by atoms with Crippen LogP contribution < -0.4 is 20.7 Å². The number of carbonyl (C=O) groups is 1. The Balaban J connectivity index is 1.49. The maximum Gasteiger partial charge on any atom is 0.270 e. The van der Waals surface area contributed by atoms with Crippen LogP contribution in [0.1, 0.15) is 65.5 Å². The van der Waals surface area contributed by atoms with Gasteiger partial charge in [0.05, 0.1) is 25.3 Å². The topological polar surface area (TPSA) is 103 Å². The number of hydrogen-bond donors (Lipinski definition) is 2. The molecular formula is C25H34N6O3. The van der Waals surface area contributed by atoms with Crippen LogP contribution in [-0.2, 0) is 11.3 Å². The van der Waals surface area contributed by atoms with Crippen LogP contribution in [0, 0.1) is 20.8 Å². The molecule has 9 heteroatoms. The molecule has 0 unspecified atom stereocenters. The Morgan fingerprint density at radius 2 is 1.91 bits per heavy atom. The van der Waals surface area contributed by atoms with Gasteiger partial charge in [0, 0.05) is 36.0 Å². The number of aromatic amines is 1. The third-order valence-electron chi connectivity index (χ3n) is 7.54. The van der Waals surface area contributed by atoms with E-state index in [1.807, 2.05) is 26.8 Å². The fourth-order valence-corrected chi connectivity index (χ4v) is 5.67. The lowest BCUT2D eigenvalue weighted by Gasteiger charge is -2.36. The van der Waals surface area contributed by atoms with Crippen LogP contribution in [0.3, 0.4) is 0 Å². The fraction of sp³-hybridized carbons (Fsp3) is 0.600. The lowest BCUT2D eigenvalue weighted by molar-refractivity contribution is 0.0895. The monoisotopic (exact) mass is 466 g/mol. The average molecular weight is 467 g/mol. The number of H-pyrrole nitrogens is 1. The van der Waals surface area contributed by atoms with E-state index in [1.165, 1.54) is 0 Å². The first-order chi connectivity index (χ1) is 16.3. The molecule has 2 aromatic heterocycles. The van der Waals surface area contributed by atoms with Gasteiger partial charge in [-0.3, -0.25) is 9.59 Å². The van der Waals surface area contributed by atoms with Gasteiger partial charge >= 0.3 is 0 Å². The molecule has 0 saturated carbocycles. The lowest BCUT2D eigenvalue weighted by atomic mass is 10.1. The highest BCUT2D eigenvalue weighted by molar-refractivity contribution is 5.95. The van der Waals surface area contributed by atoms with Gasteiger partial charge < -0.3 is 24.8 Å². The Bertz CT molecular complexity index is 1150. The fourth-order valence-electron chi connectivity index (χ4n) is 5.67. The van der Waals surface area contributed by atoms with Gasteiger partial charge in [-0.2, -0.15) is 4.98 Å². The summed E-state index contributed by atoms with van der Waals surface area (Å²) in [5.41, 5.74) is 3.22. The number of amides is 1. The minimum Gasteiger partial charge on any atom is -0.377 e. The van der Waals surface area contributed by atoms with Crippen molar-refractivity contribution in [2.75, 3.05) is 29.6 Å². The first kappa shape index (κ1) is 22.8. The highest BCUT2D eigenvalue weighted by Crippen LogP contribution is 2.35. The van der Waals surface area contributed by atoms with Gasteiger partial charge in [0.1, 0.15) is 11.5 Å². The number of hydrogen-bond acceptors (Lipinski definition) is 7. The molecule has 34 heavy (non-hydrogen) atoms. The van der Waals surface area contributed by atoms with Crippen molar-refractivity contribution in [3.63, 3.8) is 0 Å². The highest BCUT2D eigenvalue weighted by atomic mass is 16.5. The molecule has 3 aliphatic heterocycles. The van der Waals surface area contributed by atoms with Crippen molar-refractivity contribution in [2.24, 2.45) is 0 Å². The van der Waals surface area contributed by atoms with Crippen LogP contribution in [0.15, 0.2) is 10.9 Å². The van der Waals surface area contributed by atoms with Gasteiger partial charge in [0.2, 0.25) is 5.95 Å². The van der Waals surface area contributed by atoms with E-state index < -0.39 is 0 Å². The van der Waals surface area contributed by atoms with E-state index in [2.05, 4.69) is 27.0 Å². The van der Waals surface area contributed by atoms with Crippen LogP contribution in [0.5, 0.6) is 0 Å². The van der Waals surface area contributed by atoms with Crippen LogP contribution in [0.4, 0.5) is 11.8 Å². The molecule has 0 spiro atoms. The summed E-state index contributed by atoms with van der Waals surface area (Å²) in [4.78, 5) is 43.0. The molecule has 2 aromatic rings. The average Bonchev–Trinajstić information content (AvgIpc) is 3.32. The SMILES string of the molecule is Cc1cc(C)c(CNC(=O)c2nc(N3[C@@H]4CC[C@H]3COC4)nc(N3CCC[C@@H]3C)c2C)c(=O)[nH]1. The molecule has 0 radical (unpaired) electrons. The van der Waals surface area contributed by atoms with Crippen molar-refractivity contribution >= 4 is 17.7 Å². The summed E-state index contributed by atoms with van der Waals surface area (Å²) in [5.74, 6) is 1.18. The smallest absolute Gasteiger partial charge is 0.270 e. The Hall–Kier alpha value is -2.94. The number of fused-ring (bicyclic) bond motifs is 2. The zero-order valence-corrected chi connectivity index (χ0v) is 20.5. The summed E-state index contributed by atoms with van der Waals surface area (Å²) in [6.07, 6.45) is 4.32. The molecule has 2 N–H and O–H groups in total. The zero-order chi connectivity index (χ0) is 24.0. The van der Waals surface area contributed by atoms with Crippen LogP contribution in [0.25, 0.3) is 0 Å². The van der Waals surface area contributed by atoms with Gasteiger partial charge in [-0.05, 0) is 65.0 Å².